The van der Waals surface area contributed by atoms with Gasteiger partial charge in [-0.15, -0.1) is 0 Å². The molecule has 124 valence electrons. The van der Waals surface area contributed by atoms with E-state index in [1.807, 2.05) is 12.3 Å². The molecule has 1 saturated carbocycles. The average Bonchev–Trinajstić information content (AvgIpc) is 3.02. The molecule has 0 radical (unpaired) electrons. The first-order chi connectivity index (χ1) is 11.1. The maximum Gasteiger partial charge on any atom is 0.284 e. The Morgan fingerprint density at radius 3 is 2.87 bits per heavy atom. The van der Waals surface area contributed by atoms with Crippen molar-refractivity contribution >= 4 is 22.9 Å². The van der Waals surface area contributed by atoms with E-state index in [0.717, 1.165) is 16.9 Å². The van der Waals surface area contributed by atoms with Crippen molar-refractivity contribution in [2.24, 2.45) is 0 Å². The summed E-state index contributed by atoms with van der Waals surface area (Å²) in [4.78, 5) is 13.8. The minimum Gasteiger partial charge on any atom is -0.457 e. The van der Waals surface area contributed by atoms with Gasteiger partial charge in [-0.05, 0) is 18.9 Å². The Labute approximate surface area is 136 Å². The van der Waals surface area contributed by atoms with Gasteiger partial charge in [-0.25, -0.2) is 9.97 Å². The molecule has 0 saturated heterocycles. The molecule has 2 aromatic heterocycles. The Balaban J connectivity index is 1.78. The fourth-order valence-corrected chi connectivity index (χ4v) is 2.86. The molecule has 2 heterocycles. The third-order valence-corrected chi connectivity index (χ3v) is 4.15. The van der Waals surface area contributed by atoms with Crippen LogP contribution in [0.3, 0.4) is 0 Å². The third kappa shape index (κ3) is 3.72. The van der Waals surface area contributed by atoms with Gasteiger partial charge in [0.2, 0.25) is 0 Å². The molecule has 0 aliphatic heterocycles. The van der Waals surface area contributed by atoms with Crippen molar-refractivity contribution < 1.29 is 4.74 Å². The van der Waals surface area contributed by atoms with Crippen LogP contribution >= 0.6 is 0 Å². The van der Waals surface area contributed by atoms with E-state index < -0.39 is 0 Å². The fourth-order valence-electron chi connectivity index (χ4n) is 2.86. The van der Waals surface area contributed by atoms with Crippen LogP contribution in [0.1, 0.15) is 37.9 Å². The van der Waals surface area contributed by atoms with Crippen LogP contribution in [-0.4, -0.2) is 46.0 Å². The van der Waals surface area contributed by atoms with E-state index in [9.17, 15) is 0 Å². The lowest BCUT2D eigenvalue weighted by atomic mass is 9.95. The molecule has 23 heavy (non-hydrogen) atoms. The van der Waals surface area contributed by atoms with E-state index in [0.29, 0.717) is 11.9 Å². The molecule has 0 unspecified atom stereocenters. The summed E-state index contributed by atoms with van der Waals surface area (Å²) in [6.45, 7) is 0.186. The number of ether oxygens (including phenoxy) is 1. The lowest BCUT2D eigenvalue weighted by molar-refractivity contribution is 0.235. The minimum atomic E-state index is 0.0990. The predicted octanol–water partition coefficient (Wildman–Crippen LogP) is 2.72. The standard InChI is InChI=1S/C16H24N6O/c1-22(2)16(17)23-10-13-20-14-12(8-9-18-14)15(21-13)19-11-6-4-3-5-7-11/h8-9,11,17H,3-7,10H2,1-2H3,(H2,18,19,20,21). The molecule has 0 amide bonds. The van der Waals surface area contributed by atoms with Gasteiger partial charge in [0.15, 0.2) is 12.4 Å². The van der Waals surface area contributed by atoms with Crippen LogP contribution in [0, 0.1) is 5.41 Å². The smallest absolute Gasteiger partial charge is 0.284 e. The fraction of sp³-hybridized carbons (Fsp3) is 0.562. The highest BCUT2D eigenvalue weighted by Gasteiger charge is 2.17. The van der Waals surface area contributed by atoms with Crippen LogP contribution < -0.4 is 5.32 Å². The topological polar surface area (TPSA) is 89.9 Å². The quantitative estimate of drug-likeness (QED) is 0.596. The summed E-state index contributed by atoms with van der Waals surface area (Å²) >= 11 is 0. The highest BCUT2D eigenvalue weighted by molar-refractivity contribution is 5.87. The van der Waals surface area contributed by atoms with Crippen LogP contribution in [0.4, 0.5) is 5.82 Å². The maximum absolute atomic E-state index is 7.71. The molecule has 0 bridgehead atoms. The van der Waals surface area contributed by atoms with E-state index in [1.165, 1.54) is 32.1 Å². The van der Waals surface area contributed by atoms with Crippen LogP contribution in [-0.2, 0) is 11.3 Å². The maximum atomic E-state index is 7.71. The summed E-state index contributed by atoms with van der Waals surface area (Å²) in [5.74, 6) is 1.43. The Morgan fingerprint density at radius 2 is 2.13 bits per heavy atom. The van der Waals surface area contributed by atoms with Crippen LogP contribution in [0.15, 0.2) is 12.3 Å². The number of nitrogens with one attached hydrogen (secondary N) is 3. The Hall–Kier alpha value is -2.31. The van der Waals surface area contributed by atoms with E-state index >= 15 is 0 Å². The molecule has 3 rings (SSSR count). The summed E-state index contributed by atoms with van der Waals surface area (Å²) in [6, 6.07) is 2.57. The van der Waals surface area contributed by atoms with Crippen molar-refractivity contribution in [2.45, 2.75) is 44.8 Å². The van der Waals surface area contributed by atoms with Crippen LogP contribution in [0.25, 0.3) is 11.0 Å². The summed E-state index contributed by atoms with van der Waals surface area (Å²) < 4.78 is 5.40. The highest BCUT2D eigenvalue weighted by Crippen LogP contribution is 2.25. The SMILES string of the molecule is CN(C)C(=N)OCc1nc(NC2CCCCC2)c2cc[nH]c2n1. The predicted molar refractivity (Wildman–Crippen MR) is 90.6 cm³/mol. The van der Waals surface area contributed by atoms with Crippen molar-refractivity contribution in [1.29, 1.82) is 5.41 Å². The first kappa shape index (κ1) is 15.6. The zero-order valence-corrected chi connectivity index (χ0v) is 13.7. The van der Waals surface area contributed by atoms with Crippen LogP contribution in [0.5, 0.6) is 0 Å². The molecule has 0 atom stereocenters. The lowest BCUT2D eigenvalue weighted by Crippen LogP contribution is -2.25. The third-order valence-electron chi connectivity index (χ3n) is 4.15. The normalized spacial score (nSPS) is 15.6. The highest BCUT2D eigenvalue weighted by atomic mass is 16.5. The lowest BCUT2D eigenvalue weighted by Gasteiger charge is -2.23. The van der Waals surface area contributed by atoms with Crippen molar-refractivity contribution in [3.05, 3.63) is 18.1 Å². The molecule has 0 spiro atoms. The monoisotopic (exact) mass is 316 g/mol. The molecular weight excluding hydrogens is 292 g/mol. The summed E-state index contributed by atoms with van der Waals surface area (Å²) in [7, 11) is 3.54. The number of H-pyrrole nitrogens is 1. The number of amidine groups is 1. The molecule has 1 aliphatic carbocycles. The Kier molecular flexibility index (Phi) is 4.64. The Morgan fingerprint density at radius 1 is 1.35 bits per heavy atom. The molecule has 1 fully saturated rings. The van der Waals surface area contributed by atoms with Gasteiger partial charge in [-0.2, -0.15) is 0 Å². The molecule has 0 aromatic carbocycles. The number of anilines is 1. The van der Waals surface area contributed by atoms with Crippen LogP contribution in [0.2, 0.25) is 0 Å². The minimum absolute atomic E-state index is 0.0990. The molecule has 1 aliphatic rings. The second kappa shape index (κ2) is 6.85. The second-order valence-electron chi connectivity index (χ2n) is 6.20. The second-order valence-corrected chi connectivity index (χ2v) is 6.20. The van der Waals surface area contributed by atoms with Gasteiger partial charge in [0.05, 0.1) is 5.39 Å². The van der Waals surface area contributed by atoms with E-state index in [1.54, 1.807) is 19.0 Å². The molecule has 7 nitrogen and oxygen atoms in total. The summed E-state index contributed by atoms with van der Waals surface area (Å²) in [5.41, 5.74) is 0.799. The van der Waals surface area contributed by atoms with Gasteiger partial charge in [0.1, 0.15) is 11.5 Å². The number of rotatable bonds is 4. The largest absolute Gasteiger partial charge is 0.457 e. The summed E-state index contributed by atoms with van der Waals surface area (Å²) in [6.07, 6.45) is 8.12. The number of nitrogens with zero attached hydrogens (tertiary/aromatic N) is 3. The van der Waals surface area contributed by atoms with Gasteiger partial charge in [-0.3, -0.25) is 5.41 Å². The van der Waals surface area contributed by atoms with Gasteiger partial charge in [-0.1, -0.05) is 19.3 Å². The first-order valence-electron chi connectivity index (χ1n) is 8.12. The molecular formula is C16H24N6O. The van der Waals surface area contributed by atoms with Gasteiger partial charge >= 0.3 is 0 Å². The molecule has 3 N–H and O–H groups in total. The number of hydrogen-bond donors (Lipinski definition) is 3. The van der Waals surface area contributed by atoms with Gasteiger partial charge in [0, 0.05) is 26.3 Å². The summed E-state index contributed by atoms with van der Waals surface area (Å²) in [5, 5.41) is 12.3. The van der Waals surface area contributed by atoms with Crippen molar-refractivity contribution in [3.8, 4) is 0 Å². The zero-order valence-electron chi connectivity index (χ0n) is 13.7. The zero-order chi connectivity index (χ0) is 16.2. The number of aromatic nitrogens is 3. The number of fused-ring (bicyclic) bond motifs is 1. The first-order valence-corrected chi connectivity index (χ1v) is 8.12. The van der Waals surface area contributed by atoms with E-state index in [2.05, 4.69) is 20.3 Å². The van der Waals surface area contributed by atoms with Gasteiger partial charge < -0.3 is 19.9 Å². The van der Waals surface area contributed by atoms with Crippen molar-refractivity contribution in [2.75, 3.05) is 19.4 Å². The number of aromatic amines is 1. The van der Waals surface area contributed by atoms with Gasteiger partial charge in [0.25, 0.3) is 6.02 Å². The molecule has 7 heteroatoms. The number of hydrogen-bond acceptors (Lipinski definition) is 5. The van der Waals surface area contributed by atoms with Crippen molar-refractivity contribution in [3.63, 3.8) is 0 Å². The van der Waals surface area contributed by atoms with Crippen molar-refractivity contribution in [1.82, 2.24) is 19.9 Å². The molecule has 2 aromatic rings. The Bertz CT molecular complexity index is 674. The van der Waals surface area contributed by atoms with E-state index in [4.69, 9.17) is 10.1 Å². The average molecular weight is 316 g/mol. The van der Waals surface area contributed by atoms with E-state index in [-0.39, 0.29) is 12.6 Å².